The van der Waals surface area contributed by atoms with Crippen LogP contribution in [-0.4, -0.2) is 54.5 Å². The zero-order valence-electron chi connectivity index (χ0n) is 14.0. The van der Waals surface area contributed by atoms with Crippen LogP contribution in [0.1, 0.15) is 28.4 Å². The van der Waals surface area contributed by atoms with Gasteiger partial charge in [-0.05, 0) is 12.0 Å². The molecule has 0 bridgehead atoms. The number of carbonyl (C=O) groups excluding carboxylic acids is 1. The van der Waals surface area contributed by atoms with Gasteiger partial charge in [-0.1, -0.05) is 5.21 Å². The van der Waals surface area contributed by atoms with Crippen molar-refractivity contribution in [3.63, 3.8) is 0 Å². The summed E-state index contributed by atoms with van der Waals surface area (Å²) in [5.41, 5.74) is 0.711. The van der Waals surface area contributed by atoms with Crippen molar-refractivity contribution in [1.29, 1.82) is 0 Å². The molecule has 1 amide bonds. The lowest BCUT2D eigenvalue weighted by molar-refractivity contribution is -0.138. The van der Waals surface area contributed by atoms with Crippen molar-refractivity contribution in [3.8, 4) is 0 Å². The fourth-order valence-corrected chi connectivity index (χ4v) is 3.20. The standard InChI is InChI=1S/C16H19N5O4/c1-19-4-3-10(5-14(19)22)16(25)21-7-11(6-15(23)24)12(8-21)13-9-20(2)18-17-13/h3-5,9,11-12H,6-8H2,1-2H3,(H,23,24)/t11-,12+/m0/s1. The minimum Gasteiger partial charge on any atom is -0.481 e. The van der Waals surface area contributed by atoms with E-state index in [4.69, 9.17) is 5.11 Å². The molecule has 9 nitrogen and oxygen atoms in total. The van der Waals surface area contributed by atoms with E-state index in [2.05, 4.69) is 10.3 Å². The summed E-state index contributed by atoms with van der Waals surface area (Å²) in [4.78, 5) is 37.2. The lowest BCUT2D eigenvalue weighted by Crippen LogP contribution is -2.30. The van der Waals surface area contributed by atoms with Crippen molar-refractivity contribution in [3.05, 3.63) is 46.1 Å². The van der Waals surface area contributed by atoms with Crippen LogP contribution in [0.4, 0.5) is 0 Å². The van der Waals surface area contributed by atoms with E-state index in [0.29, 0.717) is 24.3 Å². The Hall–Kier alpha value is -2.97. The number of nitrogens with zero attached hydrogens (tertiary/aromatic N) is 5. The topological polar surface area (TPSA) is 110 Å². The van der Waals surface area contributed by atoms with Gasteiger partial charge in [0.2, 0.25) is 0 Å². The van der Waals surface area contributed by atoms with Crippen LogP contribution >= 0.6 is 0 Å². The van der Waals surface area contributed by atoms with Crippen LogP contribution in [0.2, 0.25) is 0 Å². The van der Waals surface area contributed by atoms with E-state index in [1.165, 1.54) is 10.6 Å². The summed E-state index contributed by atoms with van der Waals surface area (Å²) in [7, 11) is 3.35. The molecular weight excluding hydrogens is 326 g/mol. The number of carboxylic acids is 1. The summed E-state index contributed by atoms with van der Waals surface area (Å²) >= 11 is 0. The van der Waals surface area contributed by atoms with E-state index < -0.39 is 5.97 Å². The molecule has 0 aromatic carbocycles. The maximum Gasteiger partial charge on any atom is 0.303 e. The molecule has 1 aliphatic rings. The predicted molar refractivity (Wildman–Crippen MR) is 87.1 cm³/mol. The minimum atomic E-state index is -0.915. The monoisotopic (exact) mass is 345 g/mol. The number of carboxylic acid groups (broad SMARTS) is 1. The number of hydrogen-bond acceptors (Lipinski definition) is 5. The lowest BCUT2D eigenvalue weighted by atomic mass is 9.91. The minimum absolute atomic E-state index is 0.0540. The van der Waals surface area contributed by atoms with Crippen LogP contribution in [0.5, 0.6) is 0 Å². The highest BCUT2D eigenvalue weighted by atomic mass is 16.4. The van der Waals surface area contributed by atoms with Crippen molar-refractivity contribution in [2.24, 2.45) is 20.0 Å². The van der Waals surface area contributed by atoms with Gasteiger partial charge in [0.1, 0.15) is 0 Å². The number of aromatic nitrogens is 4. The average molecular weight is 345 g/mol. The molecule has 0 saturated carbocycles. The summed E-state index contributed by atoms with van der Waals surface area (Å²) in [5.74, 6) is -1.63. The van der Waals surface area contributed by atoms with Gasteiger partial charge in [0.15, 0.2) is 0 Å². The van der Waals surface area contributed by atoms with Crippen LogP contribution in [0.3, 0.4) is 0 Å². The van der Waals surface area contributed by atoms with Crippen LogP contribution in [0.15, 0.2) is 29.3 Å². The summed E-state index contributed by atoms with van der Waals surface area (Å²) in [6, 6.07) is 2.88. The van der Waals surface area contributed by atoms with Gasteiger partial charge >= 0.3 is 5.97 Å². The Balaban J connectivity index is 1.85. The fraction of sp³-hybridized carbons (Fsp3) is 0.438. The zero-order valence-corrected chi connectivity index (χ0v) is 14.0. The molecule has 2 aromatic heterocycles. The number of pyridine rings is 1. The van der Waals surface area contributed by atoms with Crippen LogP contribution in [-0.2, 0) is 18.9 Å². The largest absolute Gasteiger partial charge is 0.481 e. The molecule has 0 spiro atoms. The maximum absolute atomic E-state index is 12.7. The third kappa shape index (κ3) is 3.44. The van der Waals surface area contributed by atoms with Gasteiger partial charge in [0.05, 0.1) is 12.1 Å². The Morgan fingerprint density at radius 3 is 2.68 bits per heavy atom. The van der Waals surface area contributed by atoms with E-state index in [1.807, 2.05) is 0 Å². The van der Waals surface area contributed by atoms with Gasteiger partial charge in [0.25, 0.3) is 11.5 Å². The van der Waals surface area contributed by atoms with Crippen LogP contribution in [0.25, 0.3) is 0 Å². The number of aliphatic carboxylic acids is 1. The number of amides is 1. The smallest absolute Gasteiger partial charge is 0.303 e. The number of likely N-dealkylation sites (tertiary alicyclic amines) is 1. The molecule has 1 saturated heterocycles. The van der Waals surface area contributed by atoms with E-state index >= 15 is 0 Å². The molecule has 25 heavy (non-hydrogen) atoms. The molecule has 3 rings (SSSR count). The molecule has 3 heterocycles. The first-order valence-electron chi connectivity index (χ1n) is 7.89. The highest BCUT2D eigenvalue weighted by Gasteiger charge is 2.39. The molecule has 2 aromatic rings. The van der Waals surface area contributed by atoms with E-state index in [-0.39, 0.29) is 29.7 Å². The second kappa shape index (κ2) is 6.50. The first kappa shape index (κ1) is 16.9. The molecule has 2 atom stereocenters. The van der Waals surface area contributed by atoms with Gasteiger partial charge in [-0.25, -0.2) is 0 Å². The molecule has 0 unspecified atom stereocenters. The molecule has 132 valence electrons. The van der Waals surface area contributed by atoms with Gasteiger partial charge in [-0.15, -0.1) is 5.10 Å². The molecular formula is C16H19N5O4. The number of rotatable bonds is 4. The number of aryl methyl sites for hydroxylation is 2. The van der Waals surface area contributed by atoms with Crippen LogP contribution in [0, 0.1) is 5.92 Å². The van der Waals surface area contributed by atoms with Crippen molar-refractivity contribution >= 4 is 11.9 Å². The highest BCUT2D eigenvalue weighted by molar-refractivity contribution is 5.94. The Bertz CT molecular complexity index is 871. The Morgan fingerprint density at radius 2 is 2.08 bits per heavy atom. The zero-order chi connectivity index (χ0) is 18.1. The van der Waals surface area contributed by atoms with Crippen molar-refractivity contribution in [1.82, 2.24) is 24.5 Å². The van der Waals surface area contributed by atoms with Gasteiger partial charge in [-0.3, -0.25) is 19.1 Å². The van der Waals surface area contributed by atoms with Gasteiger partial charge in [0, 0.05) is 57.1 Å². The second-order valence-corrected chi connectivity index (χ2v) is 6.36. The van der Waals surface area contributed by atoms with E-state index in [1.54, 1.807) is 42.1 Å². The summed E-state index contributed by atoms with van der Waals surface area (Å²) in [6.07, 6.45) is 3.23. The van der Waals surface area contributed by atoms with E-state index in [9.17, 15) is 14.4 Å². The third-order valence-electron chi connectivity index (χ3n) is 4.52. The first-order chi connectivity index (χ1) is 11.8. The SMILES string of the molecule is Cn1cc([C@@H]2CN(C(=O)c3ccn(C)c(=O)c3)C[C@@H]2CC(=O)O)nn1. The second-order valence-electron chi connectivity index (χ2n) is 6.36. The normalized spacial score (nSPS) is 20.0. The fourth-order valence-electron chi connectivity index (χ4n) is 3.20. The summed E-state index contributed by atoms with van der Waals surface area (Å²) in [6.45, 7) is 0.659. The first-order valence-corrected chi connectivity index (χ1v) is 7.89. The quantitative estimate of drug-likeness (QED) is 0.825. The summed E-state index contributed by atoms with van der Waals surface area (Å²) < 4.78 is 2.94. The molecule has 9 heteroatoms. The lowest BCUT2D eigenvalue weighted by Gasteiger charge is -2.16. The average Bonchev–Trinajstić information content (AvgIpc) is 3.15. The Labute approximate surface area is 143 Å². The maximum atomic E-state index is 12.7. The Kier molecular flexibility index (Phi) is 4.39. The van der Waals surface area contributed by atoms with Crippen LogP contribution < -0.4 is 5.56 Å². The van der Waals surface area contributed by atoms with Gasteiger partial charge in [-0.2, -0.15) is 0 Å². The molecule has 0 radical (unpaired) electrons. The highest BCUT2D eigenvalue weighted by Crippen LogP contribution is 2.34. The third-order valence-corrected chi connectivity index (χ3v) is 4.52. The Morgan fingerprint density at radius 1 is 1.32 bits per heavy atom. The van der Waals surface area contributed by atoms with E-state index in [0.717, 1.165) is 0 Å². The molecule has 1 fully saturated rings. The molecule has 0 aliphatic carbocycles. The predicted octanol–water partition coefficient (Wildman–Crippen LogP) is -0.156. The number of carbonyl (C=O) groups is 2. The molecule has 1 aliphatic heterocycles. The van der Waals surface area contributed by atoms with Crippen molar-refractivity contribution in [2.75, 3.05) is 13.1 Å². The number of hydrogen-bond donors (Lipinski definition) is 1. The van der Waals surface area contributed by atoms with Gasteiger partial charge < -0.3 is 14.6 Å². The molecule has 1 N–H and O–H groups in total. The summed E-state index contributed by atoms with van der Waals surface area (Å²) in [5, 5.41) is 17.1. The van der Waals surface area contributed by atoms with Crippen molar-refractivity contribution < 1.29 is 14.7 Å². The van der Waals surface area contributed by atoms with Crippen molar-refractivity contribution in [2.45, 2.75) is 12.3 Å².